The first-order chi connectivity index (χ1) is 8.59. The molecular weight excluding hydrogens is 253 g/mol. The van der Waals surface area contributed by atoms with Gasteiger partial charge in [0.05, 0.1) is 5.56 Å². The van der Waals surface area contributed by atoms with E-state index in [9.17, 15) is 9.18 Å². The molecule has 2 aromatic rings. The van der Waals surface area contributed by atoms with E-state index >= 15 is 0 Å². The molecule has 18 heavy (non-hydrogen) atoms. The lowest BCUT2D eigenvalue weighted by atomic mass is 10.2. The summed E-state index contributed by atoms with van der Waals surface area (Å²) in [5.41, 5.74) is 6.15. The molecule has 92 valence electrons. The maximum Gasteiger partial charge on any atom is 0.336 e. The number of halogens is 1. The van der Waals surface area contributed by atoms with Crippen LogP contribution in [0.15, 0.2) is 52.3 Å². The fourth-order valence-electron chi connectivity index (χ4n) is 1.47. The highest BCUT2D eigenvalue weighted by Crippen LogP contribution is 2.36. The fraction of sp³-hybridized carbons (Fsp3) is 0. The minimum Gasteiger partial charge on any atom is -0.478 e. The van der Waals surface area contributed by atoms with Gasteiger partial charge < -0.3 is 10.8 Å². The topological polar surface area (TPSA) is 63.3 Å². The predicted octanol–water partition coefficient (Wildman–Crippen LogP) is 3.26. The molecule has 0 aromatic heterocycles. The molecule has 2 aromatic carbocycles. The highest BCUT2D eigenvalue weighted by molar-refractivity contribution is 7.99. The molecule has 0 saturated heterocycles. The quantitative estimate of drug-likeness (QED) is 0.834. The van der Waals surface area contributed by atoms with Crippen molar-refractivity contribution in [3.05, 3.63) is 53.8 Å². The van der Waals surface area contributed by atoms with Crippen LogP contribution in [0.25, 0.3) is 0 Å². The Morgan fingerprint density at radius 2 is 1.89 bits per heavy atom. The molecule has 5 heteroatoms. The van der Waals surface area contributed by atoms with E-state index in [4.69, 9.17) is 10.8 Å². The Labute approximate surface area is 107 Å². The summed E-state index contributed by atoms with van der Waals surface area (Å²) in [4.78, 5) is 11.8. The smallest absolute Gasteiger partial charge is 0.336 e. The predicted molar refractivity (Wildman–Crippen MR) is 68.3 cm³/mol. The molecule has 0 atom stereocenters. The van der Waals surface area contributed by atoms with Crippen molar-refractivity contribution in [3.63, 3.8) is 0 Å². The number of carboxylic acids is 1. The molecule has 0 heterocycles. The van der Waals surface area contributed by atoms with Gasteiger partial charge in [-0.05, 0) is 24.3 Å². The minimum absolute atomic E-state index is 0.0725. The van der Waals surface area contributed by atoms with Gasteiger partial charge in [-0.15, -0.1) is 0 Å². The molecule has 0 aliphatic carbocycles. The second kappa shape index (κ2) is 5.10. The normalized spacial score (nSPS) is 10.3. The minimum atomic E-state index is -1.08. The molecule has 0 spiro atoms. The number of hydrogen-bond acceptors (Lipinski definition) is 3. The van der Waals surface area contributed by atoms with E-state index in [1.54, 1.807) is 30.3 Å². The first kappa shape index (κ1) is 12.4. The Morgan fingerprint density at radius 3 is 2.56 bits per heavy atom. The van der Waals surface area contributed by atoms with Crippen molar-refractivity contribution < 1.29 is 14.3 Å². The maximum absolute atomic E-state index is 13.5. The Kier molecular flexibility index (Phi) is 3.53. The number of aromatic carboxylic acids is 1. The molecule has 3 nitrogen and oxygen atoms in total. The average Bonchev–Trinajstić information content (AvgIpc) is 2.34. The van der Waals surface area contributed by atoms with Crippen LogP contribution in [0.2, 0.25) is 0 Å². The maximum atomic E-state index is 13.5. The molecular formula is C13H10FNO2S. The van der Waals surface area contributed by atoms with Crippen LogP contribution in [-0.4, -0.2) is 11.1 Å². The number of nitrogens with two attached hydrogens (primary N) is 1. The average molecular weight is 263 g/mol. The molecule has 0 amide bonds. The summed E-state index contributed by atoms with van der Waals surface area (Å²) in [5.74, 6) is -1.48. The van der Waals surface area contributed by atoms with Crippen molar-refractivity contribution in [2.45, 2.75) is 9.79 Å². The highest BCUT2D eigenvalue weighted by Gasteiger charge is 2.15. The zero-order valence-corrected chi connectivity index (χ0v) is 10.1. The van der Waals surface area contributed by atoms with Gasteiger partial charge >= 0.3 is 5.97 Å². The third kappa shape index (κ3) is 2.46. The van der Waals surface area contributed by atoms with Crippen LogP contribution in [0.1, 0.15) is 10.4 Å². The number of rotatable bonds is 3. The fourth-order valence-corrected chi connectivity index (χ4v) is 2.46. The van der Waals surface area contributed by atoms with E-state index < -0.39 is 11.8 Å². The number of hydrogen-bond donors (Lipinski definition) is 2. The van der Waals surface area contributed by atoms with E-state index in [1.165, 1.54) is 12.1 Å². The first-order valence-electron chi connectivity index (χ1n) is 5.14. The van der Waals surface area contributed by atoms with Crippen LogP contribution in [-0.2, 0) is 0 Å². The van der Waals surface area contributed by atoms with Crippen molar-refractivity contribution in [1.82, 2.24) is 0 Å². The number of anilines is 1. The number of benzene rings is 2. The molecule has 0 unspecified atom stereocenters. The Balaban J connectivity index is 2.46. The zero-order chi connectivity index (χ0) is 13.1. The van der Waals surface area contributed by atoms with Crippen LogP contribution < -0.4 is 5.73 Å². The molecule has 0 radical (unpaired) electrons. The molecule has 0 saturated carbocycles. The van der Waals surface area contributed by atoms with E-state index in [0.717, 1.165) is 11.8 Å². The number of nitrogen functional groups attached to an aromatic ring is 1. The summed E-state index contributed by atoms with van der Waals surface area (Å²) in [6.07, 6.45) is 0. The largest absolute Gasteiger partial charge is 0.478 e. The molecule has 0 fully saturated rings. The van der Waals surface area contributed by atoms with Crippen molar-refractivity contribution in [1.29, 1.82) is 0 Å². The van der Waals surface area contributed by atoms with Crippen LogP contribution in [0.5, 0.6) is 0 Å². The van der Waals surface area contributed by atoms with Gasteiger partial charge in [-0.3, -0.25) is 0 Å². The first-order valence-corrected chi connectivity index (χ1v) is 5.95. The third-order valence-electron chi connectivity index (χ3n) is 2.32. The molecule has 0 aliphatic heterocycles. The van der Waals surface area contributed by atoms with Gasteiger partial charge in [0.25, 0.3) is 0 Å². The van der Waals surface area contributed by atoms with Crippen molar-refractivity contribution in [2.75, 3.05) is 5.73 Å². The summed E-state index contributed by atoms with van der Waals surface area (Å²) < 4.78 is 13.5. The van der Waals surface area contributed by atoms with Crippen molar-refractivity contribution in [3.8, 4) is 0 Å². The van der Waals surface area contributed by atoms with Crippen molar-refractivity contribution in [2.24, 2.45) is 0 Å². The molecule has 0 bridgehead atoms. The summed E-state index contributed by atoms with van der Waals surface area (Å²) in [6, 6.07) is 10.8. The van der Waals surface area contributed by atoms with E-state index in [0.29, 0.717) is 15.5 Å². The van der Waals surface area contributed by atoms with Crippen LogP contribution in [0.3, 0.4) is 0 Å². The van der Waals surface area contributed by atoms with E-state index in [1.807, 2.05) is 0 Å². The standard InChI is InChI=1S/C13H10FNO2S/c14-9-5-1-2-7-11(9)18-12-8(13(16)17)4-3-6-10(12)15/h1-7H,15H2,(H,16,17). The lowest BCUT2D eigenvalue weighted by Crippen LogP contribution is -2.01. The van der Waals surface area contributed by atoms with Gasteiger partial charge in [-0.2, -0.15) is 0 Å². The second-order valence-electron chi connectivity index (χ2n) is 3.56. The van der Waals surface area contributed by atoms with Gasteiger partial charge in [0.15, 0.2) is 0 Å². The van der Waals surface area contributed by atoms with Crippen molar-refractivity contribution >= 4 is 23.4 Å². The summed E-state index contributed by atoms with van der Waals surface area (Å²) in [7, 11) is 0. The zero-order valence-electron chi connectivity index (χ0n) is 9.26. The van der Waals surface area contributed by atoms with Gasteiger partial charge in [0.1, 0.15) is 5.82 Å². The second-order valence-corrected chi connectivity index (χ2v) is 4.61. The van der Waals surface area contributed by atoms with Gasteiger partial charge in [0.2, 0.25) is 0 Å². The summed E-state index contributed by atoms with van der Waals surface area (Å²) in [5, 5.41) is 9.07. The molecule has 0 aliphatic rings. The van der Waals surface area contributed by atoms with Crippen LogP contribution in [0.4, 0.5) is 10.1 Å². The van der Waals surface area contributed by atoms with Crippen LogP contribution in [0, 0.1) is 5.82 Å². The van der Waals surface area contributed by atoms with E-state index in [-0.39, 0.29) is 5.56 Å². The van der Waals surface area contributed by atoms with Gasteiger partial charge in [-0.1, -0.05) is 30.0 Å². The molecule has 2 rings (SSSR count). The number of carbonyl (C=O) groups is 1. The summed E-state index contributed by atoms with van der Waals surface area (Å²) in [6.45, 7) is 0. The Hall–Kier alpha value is -2.01. The van der Waals surface area contributed by atoms with Crippen LogP contribution >= 0.6 is 11.8 Å². The Morgan fingerprint density at radius 1 is 1.17 bits per heavy atom. The lowest BCUT2D eigenvalue weighted by molar-refractivity contribution is 0.0693. The van der Waals surface area contributed by atoms with Gasteiger partial charge in [0, 0.05) is 15.5 Å². The molecule has 3 N–H and O–H groups in total. The van der Waals surface area contributed by atoms with E-state index in [2.05, 4.69) is 0 Å². The monoisotopic (exact) mass is 263 g/mol. The SMILES string of the molecule is Nc1cccc(C(=O)O)c1Sc1ccccc1F. The summed E-state index contributed by atoms with van der Waals surface area (Å²) >= 11 is 1.01. The lowest BCUT2D eigenvalue weighted by Gasteiger charge is -2.09. The van der Waals surface area contributed by atoms with Gasteiger partial charge in [-0.25, -0.2) is 9.18 Å². The Bertz CT molecular complexity index is 601. The highest BCUT2D eigenvalue weighted by atomic mass is 32.2. The third-order valence-corrected chi connectivity index (χ3v) is 3.54. The number of carboxylic acid groups (broad SMARTS) is 1.